The topological polar surface area (TPSA) is 38.7 Å². The first-order valence-electron chi connectivity index (χ1n) is 5.85. The Morgan fingerprint density at radius 3 is 2.83 bits per heavy atom. The van der Waals surface area contributed by atoms with Crippen molar-refractivity contribution >= 4 is 11.3 Å². The molecule has 2 atom stereocenters. The number of ether oxygens (including phenoxy) is 2. The Bertz CT molecular complexity index is 549. The quantitative estimate of drug-likeness (QED) is 0.904. The van der Waals surface area contributed by atoms with Gasteiger partial charge in [-0.15, -0.1) is 11.3 Å². The van der Waals surface area contributed by atoms with Gasteiger partial charge in [0, 0.05) is 4.88 Å². The van der Waals surface area contributed by atoms with Crippen molar-refractivity contribution in [3.8, 4) is 11.5 Å². The molecule has 1 aromatic heterocycles. The number of hydrogen-bond donors (Lipinski definition) is 1. The summed E-state index contributed by atoms with van der Waals surface area (Å²) < 4.78 is 11.4. The third-order valence-corrected chi connectivity index (χ3v) is 3.85. The van der Waals surface area contributed by atoms with Crippen LogP contribution in [0.2, 0.25) is 0 Å². The van der Waals surface area contributed by atoms with E-state index in [2.05, 4.69) is 0 Å². The highest BCUT2D eigenvalue weighted by Gasteiger charge is 2.28. The SMILES string of the molecule is Cc1cc(C(O)C2COc3ccccc3O2)cs1. The number of benzene rings is 1. The predicted octanol–water partition coefficient (Wildman–Crippen LogP) is 2.93. The number of hydrogen-bond acceptors (Lipinski definition) is 4. The van der Waals surface area contributed by atoms with Crippen LogP contribution < -0.4 is 9.47 Å². The molecule has 18 heavy (non-hydrogen) atoms. The second-order valence-electron chi connectivity index (χ2n) is 4.35. The Hall–Kier alpha value is -1.52. The molecule has 4 heteroatoms. The molecule has 3 nitrogen and oxygen atoms in total. The summed E-state index contributed by atoms with van der Waals surface area (Å²) in [7, 11) is 0. The van der Waals surface area contributed by atoms with Crippen LogP contribution in [0, 0.1) is 6.92 Å². The van der Waals surface area contributed by atoms with Crippen molar-refractivity contribution in [2.45, 2.75) is 19.1 Å². The molecule has 3 rings (SSSR count). The lowest BCUT2D eigenvalue weighted by molar-refractivity contribution is -0.0111. The summed E-state index contributed by atoms with van der Waals surface area (Å²) in [6, 6.07) is 9.51. The summed E-state index contributed by atoms with van der Waals surface area (Å²) in [5.74, 6) is 1.43. The van der Waals surface area contributed by atoms with Gasteiger partial charge in [-0.25, -0.2) is 0 Å². The highest BCUT2D eigenvalue weighted by Crippen LogP contribution is 2.35. The van der Waals surface area contributed by atoms with Crippen LogP contribution in [0.5, 0.6) is 11.5 Å². The monoisotopic (exact) mass is 262 g/mol. The van der Waals surface area contributed by atoms with Crippen molar-refractivity contribution in [1.29, 1.82) is 0 Å². The van der Waals surface area contributed by atoms with Gasteiger partial charge in [-0.3, -0.25) is 0 Å². The third kappa shape index (κ3) is 2.09. The zero-order valence-electron chi connectivity index (χ0n) is 10.00. The van der Waals surface area contributed by atoms with Gasteiger partial charge >= 0.3 is 0 Å². The van der Waals surface area contributed by atoms with Crippen molar-refractivity contribution in [3.63, 3.8) is 0 Å². The molecule has 2 heterocycles. The highest BCUT2D eigenvalue weighted by molar-refractivity contribution is 7.10. The van der Waals surface area contributed by atoms with Crippen molar-refractivity contribution in [3.05, 3.63) is 46.2 Å². The first-order chi connectivity index (χ1) is 8.74. The Labute approximate surface area is 110 Å². The molecule has 0 saturated heterocycles. The van der Waals surface area contributed by atoms with Gasteiger partial charge in [0.1, 0.15) is 12.7 Å². The smallest absolute Gasteiger partial charge is 0.163 e. The first-order valence-corrected chi connectivity index (χ1v) is 6.73. The minimum Gasteiger partial charge on any atom is -0.486 e. The van der Waals surface area contributed by atoms with Gasteiger partial charge in [0.25, 0.3) is 0 Å². The fourth-order valence-corrected chi connectivity index (χ4v) is 2.76. The molecule has 0 bridgehead atoms. The van der Waals surface area contributed by atoms with Gasteiger partial charge < -0.3 is 14.6 Å². The summed E-state index contributed by atoms with van der Waals surface area (Å²) in [6.07, 6.45) is -1.00. The number of para-hydroxylation sites is 2. The largest absolute Gasteiger partial charge is 0.486 e. The standard InChI is InChI=1S/C14H14O3S/c1-9-6-10(8-18-9)14(15)13-7-16-11-4-2-3-5-12(11)17-13/h2-6,8,13-15H,7H2,1H3. The summed E-state index contributed by atoms with van der Waals surface area (Å²) in [6.45, 7) is 2.39. The Morgan fingerprint density at radius 1 is 1.33 bits per heavy atom. The zero-order valence-corrected chi connectivity index (χ0v) is 10.8. The molecule has 0 spiro atoms. The molecule has 0 saturated carbocycles. The molecule has 2 unspecified atom stereocenters. The number of thiophene rings is 1. The van der Waals surface area contributed by atoms with Crippen LogP contribution in [0.3, 0.4) is 0 Å². The molecule has 0 radical (unpaired) electrons. The molecule has 1 N–H and O–H groups in total. The molecular formula is C14H14O3S. The van der Waals surface area contributed by atoms with Gasteiger partial charge in [0.05, 0.1) is 0 Å². The molecule has 94 valence electrons. The van der Waals surface area contributed by atoms with Crippen LogP contribution in [0.1, 0.15) is 16.5 Å². The normalized spacial score (nSPS) is 19.6. The van der Waals surface area contributed by atoms with Crippen LogP contribution in [0.25, 0.3) is 0 Å². The fraction of sp³-hybridized carbons (Fsp3) is 0.286. The zero-order chi connectivity index (χ0) is 12.5. The van der Waals surface area contributed by atoms with E-state index >= 15 is 0 Å². The minimum absolute atomic E-state index is 0.353. The van der Waals surface area contributed by atoms with E-state index in [1.807, 2.05) is 42.6 Å². The third-order valence-electron chi connectivity index (χ3n) is 2.98. The average Bonchev–Trinajstić information content (AvgIpc) is 2.84. The van der Waals surface area contributed by atoms with Crippen LogP contribution in [0.4, 0.5) is 0 Å². The van der Waals surface area contributed by atoms with Gasteiger partial charge in [0.15, 0.2) is 17.6 Å². The maximum Gasteiger partial charge on any atom is 0.163 e. The number of aryl methyl sites for hydroxylation is 1. The van der Waals surface area contributed by atoms with Gasteiger partial charge in [-0.1, -0.05) is 12.1 Å². The van der Waals surface area contributed by atoms with E-state index in [1.54, 1.807) is 11.3 Å². The minimum atomic E-state index is -0.650. The molecule has 0 aliphatic carbocycles. The van der Waals surface area contributed by atoms with E-state index in [9.17, 15) is 5.11 Å². The lowest BCUT2D eigenvalue weighted by Gasteiger charge is -2.29. The first kappa shape index (κ1) is 11.6. The summed E-state index contributed by atoms with van der Waals surface area (Å²) in [4.78, 5) is 1.18. The molecule has 2 aromatic rings. The Kier molecular flexibility index (Phi) is 2.97. The summed E-state index contributed by atoms with van der Waals surface area (Å²) in [5.41, 5.74) is 0.894. The lowest BCUT2D eigenvalue weighted by atomic mass is 10.1. The van der Waals surface area contributed by atoms with E-state index in [4.69, 9.17) is 9.47 Å². The number of aliphatic hydroxyl groups is 1. The highest BCUT2D eigenvalue weighted by atomic mass is 32.1. The molecule has 0 fully saturated rings. The second kappa shape index (κ2) is 4.63. The van der Waals surface area contributed by atoms with Gasteiger partial charge in [-0.05, 0) is 36.1 Å². The van der Waals surface area contributed by atoms with E-state index in [0.29, 0.717) is 12.4 Å². The van der Waals surface area contributed by atoms with Gasteiger partial charge in [-0.2, -0.15) is 0 Å². The summed E-state index contributed by atoms with van der Waals surface area (Å²) >= 11 is 1.63. The van der Waals surface area contributed by atoms with Crippen molar-refractivity contribution in [1.82, 2.24) is 0 Å². The van der Waals surface area contributed by atoms with Crippen LogP contribution in [-0.4, -0.2) is 17.8 Å². The lowest BCUT2D eigenvalue weighted by Crippen LogP contribution is -2.34. The van der Waals surface area contributed by atoms with E-state index < -0.39 is 6.10 Å². The maximum absolute atomic E-state index is 10.3. The van der Waals surface area contributed by atoms with E-state index in [-0.39, 0.29) is 6.10 Å². The maximum atomic E-state index is 10.3. The average molecular weight is 262 g/mol. The number of fused-ring (bicyclic) bond motifs is 1. The number of rotatable bonds is 2. The summed E-state index contributed by atoms with van der Waals surface area (Å²) in [5, 5.41) is 12.2. The van der Waals surface area contributed by atoms with Crippen LogP contribution >= 0.6 is 11.3 Å². The van der Waals surface area contributed by atoms with Crippen LogP contribution in [-0.2, 0) is 0 Å². The predicted molar refractivity (Wildman–Crippen MR) is 70.4 cm³/mol. The Balaban J connectivity index is 1.79. The fourth-order valence-electron chi connectivity index (χ4n) is 2.02. The number of aliphatic hydroxyl groups excluding tert-OH is 1. The molecule has 1 aliphatic rings. The van der Waals surface area contributed by atoms with Crippen molar-refractivity contribution in [2.75, 3.05) is 6.61 Å². The molecule has 0 amide bonds. The van der Waals surface area contributed by atoms with Crippen molar-refractivity contribution < 1.29 is 14.6 Å². The van der Waals surface area contributed by atoms with Crippen molar-refractivity contribution in [2.24, 2.45) is 0 Å². The van der Waals surface area contributed by atoms with E-state index in [1.165, 1.54) is 4.88 Å². The van der Waals surface area contributed by atoms with E-state index in [0.717, 1.165) is 11.3 Å². The van der Waals surface area contributed by atoms with Gasteiger partial charge in [0.2, 0.25) is 0 Å². The Morgan fingerprint density at radius 2 is 2.11 bits per heavy atom. The molecule has 1 aromatic carbocycles. The van der Waals surface area contributed by atoms with Crippen LogP contribution in [0.15, 0.2) is 35.7 Å². The second-order valence-corrected chi connectivity index (χ2v) is 5.46. The molecular weight excluding hydrogens is 248 g/mol. The molecule has 1 aliphatic heterocycles.